The highest BCUT2D eigenvalue weighted by Crippen LogP contribution is 2.32. The Balaban J connectivity index is 1.89. The van der Waals surface area contributed by atoms with Gasteiger partial charge in [-0.3, -0.25) is 4.98 Å². The molecule has 5 nitrogen and oxygen atoms in total. The maximum Gasteiger partial charge on any atom is 0.497 e. The van der Waals surface area contributed by atoms with Gasteiger partial charge in [0.1, 0.15) is 5.82 Å². The minimum atomic E-state index is -5.29. The number of hydrogen-bond acceptors (Lipinski definition) is 4. The van der Waals surface area contributed by atoms with Gasteiger partial charge in [-0.05, 0) is 23.8 Å². The van der Waals surface area contributed by atoms with Crippen LogP contribution in [0.1, 0.15) is 32.0 Å². The number of aromatic nitrogens is 3. The molecule has 0 spiro atoms. The van der Waals surface area contributed by atoms with E-state index in [1.165, 1.54) is 6.07 Å². The van der Waals surface area contributed by atoms with Crippen molar-refractivity contribution in [3.63, 3.8) is 0 Å². The molecule has 30 heavy (non-hydrogen) atoms. The van der Waals surface area contributed by atoms with Crippen LogP contribution < -0.4 is 0 Å². The number of imidazole rings is 1. The average molecular weight is 502 g/mol. The average Bonchev–Trinajstić information content (AvgIpc) is 3.12. The highest BCUT2D eigenvalue weighted by molar-refractivity contribution is 9.10. The Kier molecular flexibility index (Phi) is 5.85. The Labute approximate surface area is 180 Å². The summed E-state index contributed by atoms with van der Waals surface area (Å²) >= 11 is 3.17. The van der Waals surface area contributed by atoms with Crippen molar-refractivity contribution in [2.75, 3.05) is 0 Å². The van der Waals surface area contributed by atoms with E-state index in [2.05, 4.69) is 51.7 Å². The standard InChI is InChI=1S/C20H19BrF3N3O2S/c1-19(2,3)17-9-13(6-7-25-17)18-26-10-16(27-18)12-4-5-14(15(21)8-12)11-30(28,29)20(22,23)24/h4-10H,11H2,1-3H3,(H,26,27). The van der Waals surface area contributed by atoms with Crippen LogP contribution in [0.3, 0.4) is 0 Å². The Bertz CT molecular complexity index is 1180. The van der Waals surface area contributed by atoms with Crippen LogP contribution in [-0.2, 0) is 21.0 Å². The zero-order chi connectivity index (χ0) is 22.3. The molecule has 2 aromatic heterocycles. The van der Waals surface area contributed by atoms with E-state index in [1.54, 1.807) is 24.5 Å². The first kappa shape index (κ1) is 22.5. The van der Waals surface area contributed by atoms with Gasteiger partial charge in [-0.1, -0.05) is 48.8 Å². The first-order valence-corrected chi connectivity index (χ1v) is 11.3. The molecule has 0 amide bonds. The van der Waals surface area contributed by atoms with Crippen LogP contribution in [0, 0.1) is 0 Å². The summed E-state index contributed by atoms with van der Waals surface area (Å²) in [5.41, 5.74) is -2.32. The van der Waals surface area contributed by atoms with E-state index in [4.69, 9.17) is 0 Å². The smallest absolute Gasteiger partial charge is 0.338 e. The molecule has 1 aromatic carbocycles. The lowest BCUT2D eigenvalue weighted by atomic mass is 9.91. The highest BCUT2D eigenvalue weighted by Gasteiger charge is 2.45. The van der Waals surface area contributed by atoms with Crippen LogP contribution in [0.15, 0.2) is 47.2 Å². The number of sulfone groups is 1. The largest absolute Gasteiger partial charge is 0.497 e. The van der Waals surface area contributed by atoms with Crippen molar-refractivity contribution < 1.29 is 21.6 Å². The minimum absolute atomic E-state index is 0.0276. The minimum Gasteiger partial charge on any atom is -0.338 e. The van der Waals surface area contributed by atoms with E-state index in [1.807, 2.05) is 12.1 Å². The fourth-order valence-electron chi connectivity index (χ4n) is 2.72. The van der Waals surface area contributed by atoms with Crippen molar-refractivity contribution in [3.8, 4) is 22.6 Å². The number of pyridine rings is 1. The van der Waals surface area contributed by atoms with Crippen molar-refractivity contribution >= 4 is 25.8 Å². The molecular formula is C20H19BrF3N3O2S. The Morgan fingerprint density at radius 1 is 1.03 bits per heavy atom. The third-order valence-electron chi connectivity index (χ3n) is 4.44. The number of rotatable bonds is 4. The topological polar surface area (TPSA) is 75.7 Å². The van der Waals surface area contributed by atoms with Crippen molar-refractivity contribution in [2.24, 2.45) is 0 Å². The summed E-state index contributed by atoms with van der Waals surface area (Å²) in [5, 5.41) is 0. The normalized spacial score (nSPS) is 12.9. The first-order chi connectivity index (χ1) is 13.8. The SMILES string of the molecule is CC(C)(C)c1cc(-c2ncc(-c3ccc(CS(=O)(=O)C(F)(F)F)c(Br)c3)[nH]2)ccn1. The van der Waals surface area contributed by atoms with Crippen molar-refractivity contribution in [3.05, 3.63) is 58.5 Å². The van der Waals surface area contributed by atoms with Crippen molar-refractivity contribution in [1.29, 1.82) is 0 Å². The molecule has 0 unspecified atom stereocenters. The van der Waals surface area contributed by atoms with E-state index in [9.17, 15) is 21.6 Å². The van der Waals surface area contributed by atoms with Gasteiger partial charge in [0.25, 0.3) is 9.84 Å². The quantitative estimate of drug-likeness (QED) is 0.502. The molecule has 0 saturated heterocycles. The Morgan fingerprint density at radius 2 is 1.73 bits per heavy atom. The molecule has 0 radical (unpaired) electrons. The molecule has 3 aromatic rings. The predicted molar refractivity (Wildman–Crippen MR) is 112 cm³/mol. The van der Waals surface area contributed by atoms with E-state index in [0.29, 0.717) is 17.1 Å². The van der Waals surface area contributed by atoms with Gasteiger partial charge in [0.15, 0.2) is 0 Å². The zero-order valence-corrected chi connectivity index (χ0v) is 18.8. The first-order valence-electron chi connectivity index (χ1n) is 8.88. The van der Waals surface area contributed by atoms with E-state index in [0.717, 1.165) is 11.3 Å². The monoisotopic (exact) mass is 501 g/mol. The molecule has 0 aliphatic rings. The van der Waals surface area contributed by atoms with Crippen LogP contribution >= 0.6 is 15.9 Å². The molecule has 160 valence electrons. The summed E-state index contributed by atoms with van der Waals surface area (Å²) in [6.45, 7) is 6.18. The molecule has 0 aliphatic carbocycles. The van der Waals surface area contributed by atoms with Crippen LogP contribution in [0.5, 0.6) is 0 Å². The molecule has 2 heterocycles. The summed E-state index contributed by atoms with van der Waals surface area (Å²) in [4.78, 5) is 12.0. The molecule has 0 atom stereocenters. The molecule has 10 heteroatoms. The van der Waals surface area contributed by atoms with Gasteiger partial charge in [-0.15, -0.1) is 0 Å². The number of nitrogens with zero attached hydrogens (tertiary/aromatic N) is 2. The fraction of sp³-hybridized carbons (Fsp3) is 0.300. The fourth-order valence-corrected chi connectivity index (χ4v) is 4.25. The summed E-state index contributed by atoms with van der Waals surface area (Å²) in [5.74, 6) is -0.504. The lowest BCUT2D eigenvalue weighted by Gasteiger charge is -2.17. The number of nitrogens with one attached hydrogen (secondary N) is 1. The number of alkyl halides is 3. The van der Waals surface area contributed by atoms with Gasteiger partial charge in [0, 0.05) is 32.9 Å². The maximum absolute atomic E-state index is 12.6. The summed E-state index contributed by atoms with van der Waals surface area (Å²) in [6.07, 6.45) is 3.32. The van der Waals surface area contributed by atoms with E-state index < -0.39 is 21.1 Å². The second-order valence-electron chi connectivity index (χ2n) is 7.84. The highest BCUT2D eigenvalue weighted by atomic mass is 79.9. The molecule has 3 rings (SSSR count). The molecule has 0 saturated carbocycles. The zero-order valence-electron chi connectivity index (χ0n) is 16.4. The number of aromatic amines is 1. The van der Waals surface area contributed by atoms with E-state index >= 15 is 0 Å². The van der Waals surface area contributed by atoms with Gasteiger partial charge in [0.05, 0.1) is 17.6 Å². The van der Waals surface area contributed by atoms with Gasteiger partial charge in [0.2, 0.25) is 0 Å². The summed E-state index contributed by atoms with van der Waals surface area (Å²) < 4.78 is 61.0. The third-order valence-corrected chi connectivity index (χ3v) is 6.57. The third kappa shape index (κ3) is 4.75. The van der Waals surface area contributed by atoms with Crippen LogP contribution in [0.4, 0.5) is 13.2 Å². The van der Waals surface area contributed by atoms with Crippen LogP contribution in [0.2, 0.25) is 0 Å². The van der Waals surface area contributed by atoms with Gasteiger partial charge < -0.3 is 4.98 Å². The Morgan fingerprint density at radius 3 is 2.33 bits per heavy atom. The van der Waals surface area contributed by atoms with Gasteiger partial charge >= 0.3 is 5.51 Å². The lowest BCUT2D eigenvalue weighted by molar-refractivity contribution is -0.0437. The Hall–Kier alpha value is -2.20. The lowest BCUT2D eigenvalue weighted by Crippen LogP contribution is -2.24. The molecular weight excluding hydrogens is 483 g/mol. The molecule has 1 N–H and O–H groups in total. The molecule has 0 fully saturated rings. The second-order valence-corrected chi connectivity index (χ2v) is 10.7. The van der Waals surface area contributed by atoms with Crippen molar-refractivity contribution in [2.45, 2.75) is 37.4 Å². The van der Waals surface area contributed by atoms with Gasteiger partial charge in [-0.2, -0.15) is 13.2 Å². The second kappa shape index (κ2) is 7.81. The number of hydrogen-bond donors (Lipinski definition) is 1. The number of H-pyrrole nitrogens is 1. The molecule has 0 aliphatic heterocycles. The number of benzene rings is 1. The maximum atomic E-state index is 12.6. The van der Waals surface area contributed by atoms with Crippen LogP contribution in [0.25, 0.3) is 22.6 Å². The van der Waals surface area contributed by atoms with Crippen LogP contribution in [-0.4, -0.2) is 28.9 Å². The van der Waals surface area contributed by atoms with Crippen molar-refractivity contribution in [1.82, 2.24) is 15.0 Å². The number of halogens is 4. The summed E-state index contributed by atoms with van der Waals surface area (Å²) in [7, 11) is -5.25. The summed E-state index contributed by atoms with van der Waals surface area (Å²) in [6, 6.07) is 8.25. The van der Waals surface area contributed by atoms with E-state index in [-0.39, 0.29) is 15.5 Å². The predicted octanol–water partition coefficient (Wildman–Crippen LogP) is 5.63. The van der Waals surface area contributed by atoms with Gasteiger partial charge in [-0.25, -0.2) is 13.4 Å². The molecule has 0 bridgehead atoms.